The van der Waals surface area contributed by atoms with Gasteiger partial charge in [-0.05, 0) is 52.4 Å². The largest absolute Gasteiger partial charge is 0.313 e. The first kappa shape index (κ1) is 16.3. The van der Waals surface area contributed by atoms with Crippen LogP contribution in [0.2, 0.25) is 0 Å². The van der Waals surface area contributed by atoms with Crippen molar-refractivity contribution >= 4 is 0 Å². The Morgan fingerprint density at radius 1 is 1.00 bits per heavy atom. The van der Waals surface area contributed by atoms with E-state index in [9.17, 15) is 0 Å². The highest BCUT2D eigenvalue weighted by Crippen LogP contribution is 2.21. The van der Waals surface area contributed by atoms with Gasteiger partial charge < -0.3 is 15.1 Å². The Balaban J connectivity index is 1.82. The molecule has 3 heteroatoms. The van der Waals surface area contributed by atoms with Crippen LogP contribution in [0.4, 0.5) is 0 Å². The minimum Gasteiger partial charge on any atom is -0.313 e. The van der Waals surface area contributed by atoms with E-state index in [2.05, 4.69) is 29.1 Å². The van der Waals surface area contributed by atoms with Crippen LogP contribution in [-0.4, -0.2) is 61.7 Å². The van der Waals surface area contributed by atoms with Gasteiger partial charge in [-0.25, -0.2) is 0 Å². The summed E-state index contributed by atoms with van der Waals surface area (Å²) in [5.41, 5.74) is 0. The lowest BCUT2D eigenvalue weighted by Gasteiger charge is -2.37. The Kier molecular flexibility index (Phi) is 7.32. The molecule has 0 radical (unpaired) electrons. The molecule has 0 bridgehead atoms. The van der Waals surface area contributed by atoms with Gasteiger partial charge in [0.15, 0.2) is 0 Å². The Morgan fingerprint density at radius 3 is 2.40 bits per heavy atom. The molecule has 0 spiro atoms. The number of hydrogen-bond donors (Lipinski definition) is 1. The lowest BCUT2D eigenvalue weighted by molar-refractivity contribution is 0.148. The maximum Gasteiger partial charge on any atom is 0.0246 e. The van der Waals surface area contributed by atoms with Crippen LogP contribution in [0.5, 0.6) is 0 Å². The van der Waals surface area contributed by atoms with Gasteiger partial charge in [0.05, 0.1) is 0 Å². The minimum absolute atomic E-state index is 0.712. The van der Waals surface area contributed by atoms with Crippen LogP contribution in [0, 0.1) is 0 Å². The topological polar surface area (TPSA) is 18.5 Å². The van der Waals surface area contributed by atoms with Gasteiger partial charge in [-0.2, -0.15) is 0 Å². The van der Waals surface area contributed by atoms with Crippen LogP contribution >= 0.6 is 0 Å². The van der Waals surface area contributed by atoms with E-state index in [1.54, 1.807) is 0 Å². The molecule has 1 aliphatic carbocycles. The van der Waals surface area contributed by atoms with E-state index in [-0.39, 0.29) is 0 Å². The van der Waals surface area contributed by atoms with Crippen LogP contribution < -0.4 is 5.32 Å². The summed E-state index contributed by atoms with van der Waals surface area (Å²) in [4.78, 5) is 5.29. The average Bonchev–Trinajstić information content (AvgIpc) is 2.93. The molecule has 20 heavy (non-hydrogen) atoms. The molecule has 0 aromatic rings. The van der Waals surface area contributed by atoms with E-state index in [1.165, 1.54) is 77.5 Å². The smallest absolute Gasteiger partial charge is 0.0246 e. The molecule has 3 nitrogen and oxygen atoms in total. The monoisotopic (exact) mass is 281 g/mol. The predicted molar refractivity (Wildman–Crippen MR) is 87.3 cm³/mol. The molecule has 2 rings (SSSR count). The zero-order valence-electron chi connectivity index (χ0n) is 13.7. The molecule has 1 saturated carbocycles. The fourth-order valence-electron chi connectivity index (χ4n) is 3.96. The van der Waals surface area contributed by atoms with Crippen molar-refractivity contribution in [2.75, 3.05) is 39.8 Å². The standard InChI is InChI=1S/C17H35N3/c1-3-18-16-10-6-4-5-7-11-17(16)19(2)14-15-20-12-8-9-13-20/h16-18H,3-15H2,1-2H3. The molecular weight excluding hydrogens is 246 g/mol. The van der Waals surface area contributed by atoms with Crippen LogP contribution in [0.25, 0.3) is 0 Å². The molecule has 0 aromatic heterocycles. The van der Waals surface area contributed by atoms with E-state index >= 15 is 0 Å². The van der Waals surface area contributed by atoms with Gasteiger partial charge in [0.1, 0.15) is 0 Å². The molecular formula is C17H35N3. The quantitative estimate of drug-likeness (QED) is 0.807. The third kappa shape index (κ3) is 5.01. The minimum atomic E-state index is 0.712. The highest BCUT2D eigenvalue weighted by molar-refractivity contribution is 4.85. The predicted octanol–water partition coefficient (Wildman–Crippen LogP) is 2.71. The van der Waals surface area contributed by atoms with Gasteiger partial charge in [0.2, 0.25) is 0 Å². The third-order valence-corrected chi connectivity index (χ3v) is 5.23. The fraction of sp³-hybridized carbons (Fsp3) is 1.00. The Morgan fingerprint density at radius 2 is 1.70 bits per heavy atom. The zero-order chi connectivity index (χ0) is 14.2. The number of likely N-dealkylation sites (N-methyl/N-ethyl adjacent to an activating group) is 2. The normalized spacial score (nSPS) is 29.6. The molecule has 118 valence electrons. The molecule has 0 aromatic carbocycles. The van der Waals surface area contributed by atoms with E-state index < -0.39 is 0 Å². The maximum atomic E-state index is 3.76. The first-order chi connectivity index (χ1) is 9.81. The van der Waals surface area contributed by atoms with Crippen molar-refractivity contribution in [2.24, 2.45) is 0 Å². The Labute approximate surface area is 126 Å². The van der Waals surface area contributed by atoms with Crippen LogP contribution in [0.3, 0.4) is 0 Å². The molecule has 1 saturated heterocycles. The Hall–Kier alpha value is -0.120. The van der Waals surface area contributed by atoms with Gasteiger partial charge in [-0.1, -0.05) is 32.6 Å². The molecule has 1 heterocycles. The van der Waals surface area contributed by atoms with E-state index in [0.29, 0.717) is 6.04 Å². The van der Waals surface area contributed by atoms with Crippen molar-refractivity contribution in [3.63, 3.8) is 0 Å². The summed E-state index contributed by atoms with van der Waals surface area (Å²) in [6.45, 7) is 8.53. The molecule has 1 aliphatic heterocycles. The van der Waals surface area contributed by atoms with Gasteiger partial charge in [0, 0.05) is 25.2 Å². The molecule has 2 aliphatic rings. The van der Waals surface area contributed by atoms with Crippen molar-refractivity contribution in [3.05, 3.63) is 0 Å². The fourth-order valence-corrected chi connectivity index (χ4v) is 3.96. The van der Waals surface area contributed by atoms with E-state index in [4.69, 9.17) is 0 Å². The van der Waals surface area contributed by atoms with Crippen molar-refractivity contribution in [1.29, 1.82) is 0 Å². The number of hydrogen-bond acceptors (Lipinski definition) is 3. The first-order valence-corrected chi connectivity index (χ1v) is 8.97. The number of likely N-dealkylation sites (tertiary alicyclic amines) is 1. The second kappa shape index (κ2) is 9.01. The van der Waals surface area contributed by atoms with Gasteiger partial charge in [0.25, 0.3) is 0 Å². The number of nitrogens with one attached hydrogen (secondary N) is 1. The molecule has 2 atom stereocenters. The van der Waals surface area contributed by atoms with Crippen LogP contribution in [0.15, 0.2) is 0 Å². The lowest BCUT2D eigenvalue weighted by atomic mass is 9.91. The summed E-state index contributed by atoms with van der Waals surface area (Å²) in [5.74, 6) is 0. The van der Waals surface area contributed by atoms with Gasteiger partial charge in [-0.15, -0.1) is 0 Å². The highest BCUT2D eigenvalue weighted by Gasteiger charge is 2.25. The zero-order valence-corrected chi connectivity index (χ0v) is 13.7. The second-order valence-corrected chi connectivity index (χ2v) is 6.75. The summed E-state index contributed by atoms with van der Waals surface area (Å²) in [6, 6.07) is 1.46. The van der Waals surface area contributed by atoms with Crippen LogP contribution in [-0.2, 0) is 0 Å². The van der Waals surface area contributed by atoms with Crippen molar-refractivity contribution < 1.29 is 0 Å². The maximum absolute atomic E-state index is 3.76. The summed E-state index contributed by atoms with van der Waals surface area (Å²) in [7, 11) is 2.35. The first-order valence-electron chi connectivity index (χ1n) is 8.97. The highest BCUT2D eigenvalue weighted by atomic mass is 15.2. The summed E-state index contributed by atoms with van der Waals surface area (Å²) < 4.78 is 0. The lowest BCUT2D eigenvalue weighted by Crippen LogP contribution is -2.50. The average molecular weight is 281 g/mol. The second-order valence-electron chi connectivity index (χ2n) is 6.75. The SMILES string of the molecule is CCNC1CCCCCCC1N(C)CCN1CCCC1. The van der Waals surface area contributed by atoms with E-state index in [0.717, 1.165) is 12.6 Å². The molecule has 1 N–H and O–H groups in total. The molecule has 2 unspecified atom stereocenters. The Bertz CT molecular complexity index is 251. The summed E-state index contributed by atoms with van der Waals surface area (Å²) in [5, 5.41) is 3.76. The van der Waals surface area contributed by atoms with Gasteiger partial charge in [-0.3, -0.25) is 0 Å². The molecule has 0 amide bonds. The van der Waals surface area contributed by atoms with Crippen molar-refractivity contribution in [1.82, 2.24) is 15.1 Å². The van der Waals surface area contributed by atoms with Crippen molar-refractivity contribution in [3.8, 4) is 0 Å². The van der Waals surface area contributed by atoms with Crippen molar-refractivity contribution in [2.45, 2.75) is 70.4 Å². The number of nitrogens with zero attached hydrogens (tertiary/aromatic N) is 2. The summed E-state index contributed by atoms with van der Waals surface area (Å²) in [6.07, 6.45) is 11.3. The van der Waals surface area contributed by atoms with Gasteiger partial charge >= 0.3 is 0 Å². The molecule has 2 fully saturated rings. The van der Waals surface area contributed by atoms with Crippen LogP contribution in [0.1, 0.15) is 58.3 Å². The summed E-state index contributed by atoms with van der Waals surface area (Å²) >= 11 is 0. The van der Waals surface area contributed by atoms with E-state index in [1.807, 2.05) is 0 Å². The number of rotatable bonds is 6. The third-order valence-electron chi connectivity index (χ3n) is 5.23.